The zero-order chi connectivity index (χ0) is 19.4. The summed E-state index contributed by atoms with van der Waals surface area (Å²) in [5.41, 5.74) is -0.0341. The van der Waals surface area contributed by atoms with Gasteiger partial charge in [0, 0.05) is 5.02 Å². The Kier molecular flexibility index (Phi) is 5.62. The third-order valence-corrected chi connectivity index (χ3v) is 3.92. The summed E-state index contributed by atoms with van der Waals surface area (Å²) in [6, 6.07) is 12.3. The third kappa shape index (κ3) is 5.18. The first kappa shape index (κ1) is 19.1. The monoisotopic (exact) mass is 411 g/mol. The number of halogens is 4. The fraction of sp³-hybridized carbons (Fsp3) is 0.118. The highest BCUT2D eigenvalue weighted by atomic mass is 35.5. The van der Waals surface area contributed by atoms with Crippen LogP contribution in [0.4, 0.5) is 24.8 Å². The Hall–Kier alpha value is -2.65. The molecular weight excluding hydrogens is 399 g/mol. The Morgan fingerprint density at radius 2 is 1.89 bits per heavy atom. The maximum Gasteiger partial charge on any atom is 0.418 e. The molecule has 0 spiro atoms. The third-order valence-electron chi connectivity index (χ3n) is 3.48. The maximum atomic E-state index is 13.0. The minimum atomic E-state index is -4.49. The van der Waals surface area contributed by atoms with E-state index < -0.39 is 11.7 Å². The molecule has 140 valence electrons. The topological polar surface area (TPSA) is 54.8 Å². The number of nitrogens with zero attached hydrogens (tertiary/aromatic N) is 3. The summed E-state index contributed by atoms with van der Waals surface area (Å²) < 4.78 is 40.6. The van der Waals surface area contributed by atoms with Crippen LogP contribution >= 0.6 is 23.8 Å². The van der Waals surface area contributed by atoms with Gasteiger partial charge in [0.05, 0.1) is 17.8 Å². The van der Waals surface area contributed by atoms with Crippen molar-refractivity contribution in [2.75, 3.05) is 10.6 Å². The standard InChI is InChI=1S/C17H13ClF3N5S/c18-12-5-3-4-11(8-12)9-26-10-22-15(25-26)24-16(27)23-14-7-2-1-6-13(14)17(19,20)21/h1-8,10H,9H2,(H2,23,24,25,27). The van der Waals surface area contributed by atoms with E-state index in [9.17, 15) is 13.2 Å². The summed E-state index contributed by atoms with van der Waals surface area (Å²) in [6.07, 6.45) is -3.01. The van der Waals surface area contributed by atoms with E-state index in [4.69, 9.17) is 23.8 Å². The van der Waals surface area contributed by atoms with E-state index in [-0.39, 0.29) is 16.7 Å². The average Bonchev–Trinajstić information content (AvgIpc) is 3.01. The van der Waals surface area contributed by atoms with Gasteiger partial charge >= 0.3 is 6.18 Å². The predicted octanol–water partition coefficient (Wildman–Crippen LogP) is 4.81. The van der Waals surface area contributed by atoms with E-state index in [0.717, 1.165) is 11.6 Å². The second kappa shape index (κ2) is 7.93. The van der Waals surface area contributed by atoms with Gasteiger partial charge in [-0.25, -0.2) is 9.67 Å². The quantitative estimate of drug-likeness (QED) is 0.603. The molecule has 0 radical (unpaired) electrons. The number of hydrogen-bond donors (Lipinski definition) is 2. The van der Waals surface area contributed by atoms with Crippen LogP contribution in [0.15, 0.2) is 54.9 Å². The van der Waals surface area contributed by atoms with Crippen molar-refractivity contribution in [3.8, 4) is 0 Å². The molecule has 0 amide bonds. The highest BCUT2D eigenvalue weighted by Gasteiger charge is 2.33. The number of aromatic nitrogens is 3. The molecule has 0 saturated heterocycles. The number of rotatable bonds is 4. The highest BCUT2D eigenvalue weighted by molar-refractivity contribution is 7.80. The maximum absolute atomic E-state index is 13.0. The molecule has 2 aromatic carbocycles. The summed E-state index contributed by atoms with van der Waals surface area (Å²) in [6.45, 7) is 0.437. The molecule has 2 N–H and O–H groups in total. The van der Waals surface area contributed by atoms with Gasteiger partial charge in [0.15, 0.2) is 5.11 Å². The van der Waals surface area contributed by atoms with Crippen molar-refractivity contribution < 1.29 is 13.2 Å². The van der Waals surface area contributed by atoms with Crippen LogP contribution in [0.5, 0.6) is 0 Å². The first-order valence-corrected chi connectivity index (χ1v) is 8.48. The first-order chi connectivity index (χ1) is 12.8. The molecule has 3 aromatic rings. The molecule has 0 saturated carbocycles. The van der Waals surface area contributed by atoms with Crippen molar-refractivity contribution in [3.05, 3.63) is 71.0 Å². The number of benzene rings is 2. The molecule has 0 fully saturated rings. The van der Waals surface area contributed by atoms with Gasteiger partial charge in [0.1, 0.15) is 6.33 Å². The SMILES string of the molecule is FC(F)(F)c1ccccc1NC(=S)Nc1ncn(Cc2cccc(Cl)c2)n1. The largest absolute Gasteiger partial charge is 0.418 e. The normalized spacial score (nSPS) is 11.3. The van der Waals surface area contributed by atoms with Crippen LogP contribution in [-0.4, -0.2) is 19.9 Å². The first-order valence-electron chi connectivity index (χ1n) is 7.69. The minimum absolute atomic E-state index is 0.0489. The second-order valence-corrected chi connectivity index (χ2v) is 6.36. The van der Waals surface area contributed by atoms with Crippen molar-refractivity contribution in [2.45, 2.75) is 12.7 Å². The summed E-state index contributed by atoms with van der Waals surface area (Å²) in [5, 5.41) is 9.95. The van der Waals surface area contributed by atoms with Crippen LogP contribution in [0.1, 0.15) is 11.1 Å². The Bertz CT molecular complexity index is 957. The number of hydrogen-bond acceptors (Lipinski definition) is 3. The summed E-state index contributed by atoms with van der Waals surface area (Å²) >= 11 is 11.0. The lowest BCUT2D eigenvalue weighted by Crippen LogP contribution is -2.22. The predicted molar refractivity (Wildman–Crippen MR) is 102 cm³/mol. The number of anilines is 2. The highest BCUT2D eigenvalue weighted by Crippen LogP contribution is 2.34. The number of alkyl halides is 3. The lowest BCUT2D eigenvalue weighted by Gasteiger charge is -2.14. The fourth-order valence-electron chi connectivity index (χ4n) is 2.34. The van der Waals surface area contributed by atoms with E-state index >= 15 is 0 Å². The lowest BCUT2D eigenvalue weighted by molar-refractivity contribution is -0.136. The lowest BCUT2D eigenvalue weighted by atomic mass is 10.2. The van der Waals surface area contributed by atoms with Crippen LogP contribution in [0.25, 0.3) is 0 Å². The number of nitrogens with one attached hydrogen (secondary N) is 2. The molecule has 0 aliphatic rings. The van der Waals surface area contributed by atoms with E-state index in [1.807, 2.05) is 12.1 Å². The van der Waals surface area contributed by atoms with Gasteiger partial charge in [-0.3, -0.25) is 5.32 Å². The molecule has 1 aromatic heterocycles. The summed E-state index contributed by atoms with van der Waals surface area (Å²) in [4.78, 5) is 4.05. The van der Waals surface area contributed by atoms with E-state index in [0.29, 0.717) is 11.6 Å². The van der Waals surface area contributed by atoms with Gasteiger partial charge in [0.2, 0.25) is 5.95 Å². The smallest absolute Gasteiger partial charge is 0.332 e. The molecule has 0 atom stereocenters. The van der Waals surface area contributed by atoms with E-state index in [2.05, 4.69) is 20.7 Å². The van der Waals surface area contributed by atoms with Crippen LogP contribution in [0.3, 0.4) is 0 Å². The van der Waals surface area contributed by atoms with Gasteiger partial charge in [-0.05, 0) is 42.0 Å². The van der Waals surface area contributed by atoms with Gasteiger partial charge in [-0.2, -0.15) is 13.2 Å². The molecule has 3 rings (SSSR count). The van der Waals surface area contributed by atoms with Crippen molar-refractivity contribution in [1.29, 1.82) is 0 Å². The average molecular weight is 412 g/mol. The molecule has 5 nitrogen and oxygen atoms in total. The minimum Gasteiger partial charge on any atom is -0.332 e. The Labute approximate surface area is 163 Å². The zero-order valence-corrected chi connectivity index (χ0v) is 15.2. The van der Waals surface area contributed by atoms with Crippen LogP contribution in [0.2, 0.25) is 5.02 Å². The van der Waals surface area contributed by atoms with Crippen molar-refractivity contribution in [2.24, 2.45) is 0 Å². The Morgan fingerprint density at radius 1 is 1.11 bits per heavy atom. The van der Waals surface area contributed by atoms with Crippen molar-refractivity contribution in [1.82, 2.24) is 14.8 Å². The van der Waals surface area contributed by atoms with Gasteiger partial charge in [-0.1, -0.05) is 35.9 Å². The molecule has 0 aliphatic heterocycles. The Morgan fingerprint density at radius 3 is 2.63 bits per heavy atom. The molecule has 27 heavy (non-hydrogen) atoms. The number of thiocarbonyl (C=S) groups is 1. The van der Waals surface area contributed by atoms with Crippen LogP contribution < -0.4 is 10.6 Å². The van der Waals surface area contributed by atoms with E-state index in [1.165, 1.54) is 24.5 Å². The summed E-state index contributed by atoms with van der Waals surface area (Å²) in [5.74, 6) is 0.166. The molecule has 0 bridgehead atoms. The van der Waals surface area contributed by atoms with Gasteiger partial charge < -0.3 is 5.32 Å². The molecule has 0 aliphatic carbocycles. The molecular formula is C17H13ClF3N5S. The number of para-hydroxylation sites is 1. The summed E-state index contributed by atoms with van der Waals surface area (Å²) in [7, 11) is 0. The van der Waals surface area contributed by atoms with Crippen molar-refractivity contribution in [3.63, 3.8) is 0 Å². The van der Waals surface area contributed by atoms with Crippen LogP contribution in [0, 0.1) is 0 Å². The fourth-order valence-corrected chi connectivity index (χ4v) is 2.76. The van der Waals surface area contributed by atoms with E-state index in [1.54, 1.807) is 16.8 Å². The Balaban J connectivity index is 1.65. The van der Waals surface area contributed by atoms with Gasteiger partial charge in [0.25, 0.3) is 0 Å². The molecule has 0 unspecified atom stereocenters. The van der Waals surface area contributed by atoms with Gasteiger partial charge in [-0.15, -0.1) is 5.10 Å². The zero-order valence-electron chi connectivity index (χ0n) is 13.7. The molecule has 10 heteroatoms. The van der Waals surface area contributed by atoms with Crippen LogP contribution in [-0.2, 0) is 12.7 Å². The van der Waals surface area contributed by atoms with Crippen molar-refractivity contribution >= 4 is 40.6 Å². The molecule has 1 heterocycles. The second-order valence-electron chi connectivity index (χ2n) is 5.52.